The maximum atomic E-state index is 12.2. The average molecular weight is 323 g/mol. The molecule has 2 aromatic rings. The van der Waals surface area contributed by atoms with E-state index in [1.54, 1.807) is 4.68 Å². The number of piperidine rings is 1. The first kappa shape index (κ1) is 15.6. The summed E-state index contributed by atoms with van der Waals surface area (Å²) in [5.41, 5.74) is 3.79. The Bertz CT molecular complexity index is 745. The van der Waals surface area contributed by atoms with E-state index in [2.05, 4.69) is 40.3 Å². The molecule has 1 aliphatic carbocycles. The molecule has 2 heterocycles. The number of hydrogen-bond donors (Lipinski definition) is 0. The van der Waals surface area contributed by atoms with Gasteiger partial charge in [0.25, 0.3) is 5.56 Å². The third-order valence-corrected chi connectivity index (χ3v) is 5.41. The van der Waals surface area contributed by atoms with Gasteiger partial charge in [0.1, 0.15) is 0 Å². The monoisotopic (exact) mass is 323 g/mol. The van der Waals surface area contributed by atoms with Gasteiger partial charge in [-0.3, -0.25) is 9.69 Å². The van der Waals surface area contributed by atoms with Crippen molar-refractivity contribution in [2.75, 3.05) is 13.1 Å². The molecule has 1 fully saturated rings. The van der Waals surface area contributed by atoms with Gasteiger partial charge in [0.05, 0.1) is 5.69 Å². The second kappa shape index (κ2) is 6.89. The second-order valence-corrected chi connectivity index (χ2v) is 7.20. The molecule has 0 N–H and O–H groups in total. The van der Waals surface area contributed by atoms with Crippen molar-refractivity contribution in [3.8, 4) is 0 Å². The summed E-state index contributed by atoms with van der Waals surface area (Å²) in [7, 11) is 0. The van der Waals surface area contributed by atoms with E-state index in [0.717, 1.165) is 64.0 Å². The third-order valence-electron chi connectivity index (χ3n) is 5.41. The Morgan fingerprint density at radius 2 is 1.88 bits per heavy atom. The van der Waals surface area contributed by atoms with E-state index in [9.17, 15) is 4.79 Å². The van der Waals surface area contributed by atoms with Crippen LogP contribution in [-0.2, 0) is 25.9 Å². The molecule has 0 atom stereocenters. The lowest BCUT2D eigenvalue weighted by molar-refractivity contribution is 0.163. The third kappa shape index (κ3) is 3.44. The molecule has 1 aliphatic heterocycles. The van der Waals surface area contributed by atoms with Crippen LogP contribution in [0.4, 0.5) is 0 Å². The van der Waals surface area contributed by atoms with E-state index in [1.165, 1.54) is 11.1 Å². The first-order valence-electron chi connectivity index (χ1n) is 9.14. The van der Waals surface area contributed by atoms with Crippen molar-refractivity contribution < 1.29 is 0 Å². The van der Waals surface area contributed by atoms with Gasteiger partial charge in [0.2, 0.25) is 0 Å². The summed E-state index contributed by atoms with van der Waals surface area (Å²) < 4.78 is 1.72. The molecular weight excluding hydrogens is 298 g/mol. The molecule has 0 saturated carbocycles. The number of fused-ring (bicyclic) bond motifs is 1. The highest BCUT2D eigenvalue weighted by atomic mass is 16.1. The first-order valence-corrected chi connectivity index (χ1v) is 9.14. The molecule has 1 aromatic carbocycles. The van der Waals surface area contributed by atoms with Crippen LogP contribution >= 0.6 is 0 Å². The molecule has 0 amide bonds. The summed E-state index contributed by atoms with van der Waals surface area (Å²) in [4.78, 5) is 14.8. The summed E-state index contributed by atoms with van der Waals surface area (Å²) in [6.45, 7) is 4.04. The normalized spacial score (nSPS) is 18.7. The first-order chi connectivity index (χ1) is 11.8. The fourth-order valence-corrected chi connectivity index (χ4v) is 3.98. The predicted octanol–water partition coefficient (Wildman–Crippen LogP) is 2.64. The molecule has 4 rings (SSSR count). The zero-order valence-electron chi connectivity index (χ0n) is 14.2. The Kier molecular flexibility index (Phi) is 4.48. The van der Waals surface area contributed by atoms with Crippen LogP contribution in [0.5, 0.6) is 0 Å². The fourth-order valence-electron chi connectivity index (χ4n) is 3.98. The van der Waals surface area contributed by atoms with Crippen molar-refractivity contribution in [1.82, 2.24) is 14.7 Å². The van der Waals surface area contributed by atoms with Gasteiger partial charge in [-0.25, -0.2) is 4.68 Å². The molecule has 0 unspecified atom stereocenters. The molecule has 4 heteroatoms. The zero-order valence-corrected chi connectivity index (χ0v) is 14.2. The Hall–Kier alpha value is -1.94. The number of nitrogens with zero attached hydrogens (tertiary/aromatic N) is 3. The average Bonchev–Trinajstić information content (AvgIpc) is 3.05. The number of hydrogen-bond acceptors (Lipinski definition) is 3. The summed E-state index contributed by atoms with van der Waals surface area (Å²) in [6.07, 6.45) is 5.50. The molecule has 2 aliphatic rings. The zero-order chi connectivity index (χ0) is 16.4. The lowest BCUT2D eigenvalue weighted by Crippen LogP contribution is -2.36. The number of likely N-dealkylation sites (tertiary alicyclic amines) is 1. The van der Waals surface area contributed by atoms with Crippen LogP contribution in [0.25, 0.3) is 0 Å². The van der Waals surface area contributed by atoms with Crippen molar-refractivity contribution >= 4 is 0 Å². The lowest BCUT2D eigenvalue weighted by atomic mass is 9.96. The fraction of sp³-hybridized carbons (Fsp3) is 0.500. The highest BCUT2D eigenvalue weighted by Crippen LogP contribution is 2.21. The number of aryl methyl sites for hydroxylation is 2. The molecule has 0 radical (unpaired) electrons. The van der Waals surface area contributed by atoms with Crippen molar-refractivity contribution in [2.45, 2.75) is 45.2 Å². The van der Waals surface area contributed by atoms with Crippen LogP contribution < -0.4 is 5.56 Å². The number of aromatic nitrogens is 2. The largest absolute Gasteiger partial charge is 0.299 e. The molecule has 0 bridgehead atoms. The van der Waals surface area contributed by atoms with Gasteiger partial charge >= 0.3 is 0 Å². The van der Waals surface area contributed by atoms with E-state index < -0.39 is 0 Å². The number of rotatable bonds is 4. The summed E-state index contributed by atoms with van der Waals surface area (Å²) in [6, 6.07) is 12.5. The second-order valence-electron chi connectivity index (χ2n) is 7.20. The van der Waals surface area contributed by atoms with Gasteiger partial charge in [-0.1, -0.05) is 30.3 Å². The molecule has 1 aromatic heterocycles. The van der Waals surface area contributed by atoms with Gasteiger partial charge in [-0.05, 0) is 62.2 Å². The van der Waals surface area contributed by atoms with Crippen molar-refractivity contribution in [3.63, 3.8) is 0 Å². The molecule has 0 spiro atoms. The Morgan fingerprint density at radius 1 is 1.08 bits per heavy atom. The van der Waals surface area contributed by atoms with Crippen LogP contribution in [0.2, 0.25) is 0 Å². The SMILES string of the molecule is O=c1cc2c(nn1CC1CCN(Cc3ccccc3)CC1)CCC2. The quantitative estimate of drug-likeness (QED) is 0.868. The van der Waals surface area contributed by atoms with Crippen LogP contribution in [0.1, 0.15) is 36.1 Å². The molecule has 24 heavy (non-hydrogen) atoms. The minimum Gasteiger partial charge on any atom is -0.299 e. The van der Waals surface area contributed by atoms with Crippen molar-refractivity contribution in [3.05, 3.63) is 63.6 Å². The predicted molar refractivity (Wildman–Crippen MR) is 95.0 cm³/mol. The minimum atomic E-state index is 0.0855. The van der Waals surface area contributed by atoms with Crippen LogP contribution in [0, 0.1) is 5.92 Å². The van der Waals surface area contributed by atoms with E-state index >= 15 is 0 Å². The van der Waals surface area contributed by atoms with Gasteiger partial charge < -0.3 is 0 Å². The standard InChI is InChI=1S/C20H25N3O/c24-20-13-18-7-4-8-19(18)21-23(20)15-17-9-11-22(12-10-17)14-16-5-2-1-3-6-16/h1-3,5-6,13,17H,4,7-12,14-15H2. The molecular formula is C20H25N3O. The Labute approximate surface area is 143 Å². The van der Waals surface area contributed by atoms with Gasteiger partial charge in [0, 0.05) is 19.2 Å². The highest BCUT2D eigenvalue weighted by molar-refractivity contribution is 5.22. The Morgan fingerprint density at radius 3 is 2.67 bits per heavy atom. The topological polar surface area (TPSA) is 38.1 Å². The number of benzene rings is 1. The maximum Gasteiger partial charge on any atom is 0.267 e. The van der Waals surface area contributed by atoms with Crippen molar-refractivity contribution in [2.24, 2.45) is 5.92 Å². The van der Waals surface area contributed by atoms with E-state index in [-0.39, 0.29) is 5.56 Å². The van der Waals surface area contributed by atoms with Gasteiger partial charge in [-0.2, -0.15) is 5.10 Å². The van der Waals surface area contributed by atoms with Crippen LogP contribution in [0.15, 0.2) is 41.2 Å². The van der Waals surface area contributed by atoms with E-state index in [0.29, 0.717) is 5.92 Å². The van der Waals surface area contributed by atoms with Crippen molar-refractivity contribution in [1.29, 1.82) is 0 Å². The summed E-state index contributed by atoms with van der Waals surface area (Å²) in [5.74, 6) is 0.571. The lowest BCUT2D eigenvalue weighted by Gasteiger charge is -2.32. The van der Waals surface area contributed by atoms with Crippen LogP contribution in [0.3, 0.4) is 0 Å². The molecule has 4 nitrogen and oxygen atoms in total. The minimum absolute atomic E-state index is 0.0855. The maximum absolute atomic E-state index is 12.2. The molecule has 1 saturated heterocycles. The van der Waals surface area contributed by atoms with Gasteiger partial charge in [0.15, 0.2) is 0 Å². The van der Waals surface area contributed by atoms with E-state index in [1.807, 2.05) is 6.07 Å². The van der Waals surface area contributed by atoms with Gasteiger partial charge in [-0.15, -0.1) is 0 Å². The highest BCUT2D eigenvalue weighted by Gasteiger charge is 2.21. The van der Waals surface area contributed by atoms with Crippen LogP contribution in [-0.4, -0.2) is 27.8 Å². The Balaban J connectivity index is 1.34. The molecule has 126 valence electrons. The summed E-state index contributed by atoms with van der Waals surface area (Å²) >= 11 is 0. The van der Waals surface area contributed by atoms with E-state index in [4.69, 9.17) is 0 Å². The summed E-state index contributed by atoms with van der Waals surface area (Å²) in [5, 5.41) is 4.62. The smallest absolute Gasteiger partial charge is 0.267 e.